The molecule has 0 bridgehead atoms. The van der Waals surface area contributed by atoms with Crippen molar-refractivity contribution >= 4 is 34.8 Å². The van der Waals surface area contributed by atoms with Gasteiger partial charge in [0.15, 0.2) is 0 Å². The maximum atomic E-state index is 12.2. The summed E-state index contributed by atoms with van der Waals surface area (Å²) < 4.78 is 5.88. The van der Waals surface area contributed by atoms with E-state index in [1.54, 1.807) is 24.3 Å². The molecule has 1 heterocycles. The first kappa shape index (κ1) is 15.8. The van der Waals surface area contributed by atoms with Crippen LogP contribution in [0.1, 0.15) is 0 Å². The number of aromatic nitrogens is 2. The molecule has 0 aliphatic heterocycles. The molecule has 5 nitrogen and oxygen atoms in total. The van der Waals surface area contributed by atoms with Gasteiger partial charge in [0.1, 0.15) is 0 Å². The predicted octanol–water partition coefficient (Wildman–Crippen LogP) is 3.81. The molecule has 0 saturated carbocycles. The van der Waals surface area contributed by atoms with Crippen LogP contribution in [0.5, 0.6) is 0 Å². The lowest BCUT2D eigenvalue weighted by molar-refractivity contribution is 0.448. The van der Waals surface area contributed by atoms with Gasteiger partial charge < -0.3 is 4.42 Å². The van der Waals surface area contributed by atoms with Crippen LogP contribution in [-0.2, 0) is 0 Å². The first-order valence-corrected chi connectivity index (χ1v) is 7.44. The van der Waals surface area contributed by atoms with Crippen molar-refractivity contribution in [3.8, 4) is 17.1 Å². The summed E-state index contributed by atoms with van der Waals surface area (Å²) in [6.07, 6.45) is 0. The highest BCUT2D eigenvalue weighted by atomic mass is 35.5. The normalized spacial score (nSPS) is 10.7. The highest BCUT2D eigenvalue weighted by Gasteiger charge is 2.13. The predicted molar refractivity (Wildman–Crippen MR) is 88.8 cm³/mol. The molecule has 3 rings (SSSR count). The maximum Gasteiger partial charge on any atom is 0.429 e. The van der Waals surface area contributed by atoms with E-state index in [0.29, 0.717) is 15.6 Å². The number of benzene rings is 2. The molecule has 116 valence electrons. The summed E-state index contributed by atoms with van der Waals surface area (Å²) in [6, 6.07) is 10.7. The monoisotopic (exact) mass is 368 g/mol. The molecular formula is C15H7Cl3N2O3. The Hall–Kier alpha value is -2.08. The third kappa shape index (κ3) is 3.17. The van der Waals surface area contributed by atoms with Gasteiger partial charge in [-0.15, -0.1) is 0 Å². The van der Waals surface area contributed by atoms with E-state index in [4.69, 9.17) is 39.2 Å². The van der Waals surface area contributed by atoms with Crippen LogP contribution < -0.4 is 11.4 Å². The maximum absolute atomic E-state index is 12.2. The van der Waals surface area contributed by atoms with Gasteiger partial charge >= 0.3 is 11.4 Å². The fraction of sp³-hybridized carbons (Fsp3) is 0. The lowest BCUT2D eigenvalue weighted by Crippen LogP contribution is -2.33. The molecule has 0 aliphatic carbocycles. The van der Waals surface area contributed by atoms with Crippen molar-refractivity contribution in [2.45, 2.75) is 0 Å². The summed E-state index contributed by atoms with van der Waals surface area (Å²) in [4.78, 5) is 28.1. The Morgan fingerprint density at radius 1 is 0.913 bits per heavy atom. The molecule has 3 aromatic rings. The average molecular weight is 370 g/mol. The summed E-state index contributed by atoms with van der Waals surface area (Å²) in [5.41, 5.74) is -0.109. The molecule has 2 aromatic carbocycles. The standard InChI is InChI=1S/C15H7Cl3N2O3/c16-9-3-1-8(2-4-9)13-19-14(21)20(15(22)23-13)10-5-6-11(17)12(18)7-10/h1-7H. The highest BCUT2D eigenvalue weighted by molar-refractivity contribution is 6.42. The number of hydrogen-bond donors (Lipinski definition) is 0. The van der Waals surface area contributed by atoms with Crippen molar-refractivity contribution in [2.24, 2.45) is 0 Å². The van der Waals surface area contributed by atoms with Gasteiger partial charge in [0.25, 0.3) is 0 Å². The summed E-state index contributed by atoms with van der Waals surface area (Å²) in [7, 11) is 0. The summed E-state index contributed by atoms with van der Waals surface area (Å²) in [5.74, 6) is -0.971. The van der Waals surface area contributed by atoms with E-state index in [-0.39, 0.29) is 16.6 Å². The summed E-state index contributed by atoms with van der Waals surface area (Å²) in [5, 5.41) is 1.02. The lowest BCUT2D eigenvalue weighted by Gasteiger charge is -2.05. The highest BCUT2D eigenvalue weighted by Crippen LogP contribution is 2.23. The first-order valence-electron chi connectivity index (χ1n) is 6.31. The zero-order valence-corrected chi connectivity index (χ0v) is 13.6. The zero-order chi connectivity index (χ0) is 16.6. The van der Waals surface area contributed by atoms with Crippen LogP contribution in [0.3, 0.4) is 0 Å². The Labute approximate surface area is 144 Å². The Balaban J connectivity index is 2.14. The summed E-state index contributed by atoms with van der Waals surface area (Å²) >= 11 is 17.5. The van der Waals surface area contributed by atoms with Gasteiger partial charge in [-0.3, -0.25) is 0 Å². The minimum Gasteiger partial charge on any atom is -0.390 e. The first-order chi connectivity index (χ1) is 11.0. The van der Waals surface area contributed by atoms with Crippen LogP contribution >= 0.6 is 34.8 Å². The molecule has 0 amide bonds. The van der Waals surface area contributed by atoms with Crippen molar-refractivity contribution in [1.29, 1.82) is 0 Å². The van der Waals surface area contributed by atoms with E-state index in [1.165, 1.54) is 18.2 Å². The minimum absolute atomic E-state index is 0.0898. The van der Waals surface area contributed by atoms with Crippen LogP contribution in [0.2, 0.25) is 15.1 Å². The lowest BCUT2D eigenvalue weighted by atomic mass is 10.2. The molecule has 0 unspecified atom stereocenters. The van der Waals surface area contributed by atoms with Crippen LogP contribution in [0.25, 0.3) is 17.1 Å². The van der Waals surface area contributed by atoms with E-state index in [1.807, 2.05) is 0 Å². The van der Waals surface area contributed by atoms with E-state index < -0.39 is 11.4 Å². The number of rotatable bonds is 2. The van der Waals surface area contributed by atoms with Crippen molar-refractivity contribution in [1.82, 2.24) is 9.55 Å². The second kappa shape index (κ2) is 6.20. The zero-order valence-electron chi connectivity index (χ0n) is 11.3. The van der Waals surface area contributed by atoms with Gasteiger partial charge in [-0.05, 0) is 42.5 Å². The van der Waals surface area contributed by atoms with Crippen LogP contribution in [0, 0.1) is 0 Å². The third-order valence-electron chi connectivity index (χ3n) is 3.01. The largest absolute Gasteiger partial charge is 0.429 e. The smallest absolute Gasteiger partial charge is 0.390 e. The molecule has 1 aromatic heterocycles. The van der Waals surface area contributed by atoms with Crippen LogP contribution in [0.4, 0.5) is 0 Å². The number of nitrogens with zero attached hydrogens (tertiary/aromatic N) is 2. The minimum atomic E-state index is -0.881. The molecule has 8 heteroatoms. The molecular weight excluding hydrogens is 363 g/mol. The van der Waals surface area contributed by atoms with Crippen molar-refractivity contribution in [2.75, 3.05) is 0 Å². The molecule has 0 saturated heterocycles. The molecule has 0 N–H and O–H groups in total. The Bertz CT molecular complexity index is 963. The molecule has 0 radical (unpaired) electrons. The van der Waals surface area contributed by atoms with Crippen LogP contribution in [0.15, 0.2) is 56.5 Å². The molecule has 0 aliphatic rings. The quantitative estimate of drug-likeness (QED) is 0.689. The average Bonchev–Trinajstić information content (AvgIpc) is 2.51. The van der Waals surface area contributed by atoms with Crippen molar-refractivity contribution in [3.05, 3.63) is 78.6 Å². The molecule has 0 spiro atoms. The topological polar surface area (TPSA) is 65.1 Å². The van der Waals surface area contributed by atoms with Gasteiger partial charge in [0, 0.05) is 10.6 Å². The fourth-order valence-electron chi connectivity index (χ4n) is 1.92. The SMILES string of the molecule is O=c1nc(-c2ccc(Cl)cc2)oc(=O)n1-c1ccc(Cl)c(Cl)c1. The molecule has 0 fully saturated rings. The Morgan fingerprint density at radius 2 is 1.61 bits per heavy atom. The molecule has 0 atom stereocenters. The molecule has 23 heavy (non-hydrogen) atoms. The van der Waals surface area contributed by atoms with Gasteiger partial charge in [0.05, 0.1) is 15.7 Å². The Morgan fingerprint density at radius 3 is 2.22 bits per heavy atom. The van der Waals surface area contributed by atoms with E-state index in [9.17, 15) is 9.59 Å². The number of halogens is 3. The fourth-order valence-corrected chi connectivity index (χ4v) is 2.34. The van der Waals surface area contributed by atoms with Gasteiger partial charge in [-0.2, -0.15) is 9.55 Å². The van der Waals surface area contributed by atoms with Gasteiger partial charge in [-0.25, -0.2) is 9.59 Å². The van der Waals surface area contributed by atoms with Crippen LogP contribution in [-0.4, -0.2) is 9.55 Å². The second-order valence-electron chi connectivity index (χ2n) is 4.51. The Kier molecular flexibility index (Phi) is 4.26. The number of hydrogen-bond acceptors (Lipinski definition) is 4. The summed E-state index contributed by atoms with van der Waals surface area (Å²) in [6.45, 7) is 0. The third-order valence-corrected chi connectivity index (χ3v) is 4.00. The second-order valence-corrected chi connectivity index (χ2v) is 5.76. The van der Waals surface area contributed by atoms with Gasteiger partial charge in [0.2, 0.25) is 5.89 Å². The van der Waals surface area contributed by atoms with Crippen molar-refractivity contribution in [3.63, 3.8) is 0 Å². The van der Waals surface area contributed by atoms with E-state index in [2.05, 4.69) is 4.98 Å². The van der Waals surface area contributed by atoms with E-state index in [0.717, 1.165) is 4.57 Å². The van der Waals surface area contributed by atoms with Gasteiger partial charge in [-0.1, -0.05) is 34.8 Å². The van der Waals surface area contributed by atoms with Crippen molar-refractivity contribution < 1.29 is 4.42 Å². The van der Waals surface area contributed by atoms with E-state index >= 15 is 0 Å².